The van der Waals surface area contributed by atoms with Crippen molar-refractivity contribution in [3.8, 4) is 0 Å². The van der Waals surface area contributed by atoms with Crippen LogP contribution < -0.4 is 11.1 Å². The van der Waals surface area contributed by atoms with Crippen LogP contribution in [-0.4, -0.2) is 52.2 Å². The van der Waals surface area contributed by atoms with Gasteiger partial charge in [-0.25, -0.2) is 4.98 Å². The lowest BCUT2D eigenvalue weighted by molar-refractivity contribution is -0.0315. The topological polar surface area (TPSA) is 106 Å². The summed E-state index contributed by atoms with van der Waals surface area (Å²) in [5.74, 6) is 0.931. The lowest BCUT2D eigenvalue weighted by atomic mass is 9.84. The number of allylic oxidation sites excluding steroid dienone is 1. The molecule has 4 heterocycles. The van der Waals surface area contributed by atoms with Crippen LogP contribution in [0.4, 0.5) is 11.8 Å². The van der Waals surface area contributed by atoms with Gasteiger partial charge in [0.15, 0.2) is 0 Å². The highest BCUT2D eigenvalue weighted by Crippen LogP contribution is 2.45. The van der Waals surface area contributed by atoms with Crippen LogP contribution in [0.1, 0.15) is 24.8 Å². The van der Waals surface area contributed by atoms with Crippen molar-refractivity contribution in [3.05, 3.63) is 29.8 Å². The fourth-order valence-electron chi connectivity index (χ4n) is 4.33. The van der Waals surface area contributed by atoms with Crippen LogP contribution in [0.3, 0.4) is 0 Å². The van der Waals surface area contributed by atoms with Crippen molar-refractivity contribution in [1.29, 1.82) is 0 Å². The van der Waals surface area contributed by atoms with E-state index >= 15 is 0 Å². The fourth-order valence-corrected chi connectivity index (χ4v) is 4.33. The number of nitrogens with one attached hydrogen (secondary N) is 1. The van der Waals surface area contributed by atoms with Gasteiger partial charge in [-0.05, 0) is 48.6 Å². The second kappa shape index (κ2) is 5.75. The maximum Gasteiger partial charge on any atom is 0.222 e. The molecule has 0 saturated carbocycles. The molecule has 1 aromatic heterocycles. The molecule has 0 aliphatic carbocycles. The average molecular weight is 351 g/mol. The molecule has 5 rings (SSSR count). The first kappa shape index (κ1) is 15.7. The highest BCUT2D eigenvalue weighted by Gasteiger charge is 2.53. The van der Waals surface area contributed by atoms with Gasteiger partial charge < -0.3 is 20.9 Å². The number of nitrogen functional groups attached to an aromatic ring is 1. The summed E-state index contributed by atoms with van der Waals surface area (Å²) in [6.45, 7) is 0.703. The van der Waals surface area contributed by atoms with Crippen molar-refractivity contribution in [2.75, 3.05) is 24.2 Å². The summed E-state index contributed by atoms with van der Waals surface area (Å²) in [6, 6.07) is 6.13. The molecule has 26 heavy (non-hydrogen) atoms. The van der Waals surface area contributed by atoms with Gasteiger partial charge in [0, 0.05) is 11.6 Å². The summed E-state index contributed by atoms with van der Waals surface area (Å²) in [5.41, 5.74) is 8.51. The molecule has 3 aliphatic rings. The van der Waals surface area contributed by atoms with Crippen LogP contribution in [0, 0.1) is 0 Å². The van der Waals surface area contributed by atoms with E-state index in [0.29, 0.717) is 12.4 Å². The van der Waals surface area contributed by atoms with E-state index in [-0.39, 0.29) is 24.7 Å². The Morgan fingerprint density at radius 2 is 2.27 bits per heavy atom. The quantitative estimate of drug-likeness (QED) is 0.775. The van der Waals surface area contributed by atoms with Gasteiger partial charge in [0.25, 0.3) is 0 Å². The highest BCUT2D eigenvalue weighted by atomic mass is 16.5. The monoisotopic (exact) mass is 351 g/mol. The second-order valence-electron chi connectivity index (χ2n) is 7.28. The number of ether oxygens (including phenoxy) is 1. The van der Waals surface area contributed by atoms with Crippen LogP contribution in [-0.2, 0) is 4.74 Å². The van der Waals surface area contributed by atoms with E-state index in [0.717, 1.165) is 35.7 Å². The van der Waals surface area contributed by atoms with Gasteiger partial charge in [0.05, 0.1) is 30.8 Å². The van der Waals surface area contributed by atoms with Gasteiger partial charge in [-0.1, -0.05) is 6.07 Å². The lowest BCUT2D eigenvalue weighted by Crippen LogP contribution is -2.46. The average Bonchev–Trinajstić information content (AvgIpc) is 3.37. The van der Waals surface area contributed by atoms with Gasteiger partial charge >= 0.3 is 0 Å². The normalized spacial score (nSPS) is 29.5. The van der Waals surface area contributed by atoms with Gasteiger partial charge in [-0.2, -0.15) is 4.98 Å². The predicted octanol–water partition coefficient (Wildman–Crippen LogP) is 1.77. The zero-order chi connectivity index (χ0) is 17.7. The number of nitrogens with zero attached hydrogens (tertiary/aromatic N) is 3. The van der Waals surface area contributed by atoms with E-state index in [1.165, 1.54) is 5.57 Å². The first-order valence-corrected chi connectivity index (χ1v) is 8.99. The van der Waals surface area contributed by atoms with E-state index in [4.69, 9.17) is 10.5 Å². The van der Waals surface area contributed by atoms with E-state index < -0.39 is 5.60 Å². The molecule has 2 fully saturated rings. The number of aromatic nitrogens is 2. The summed E-state index contributed by atoms with van der Waals surface area (Å²) in [6.07, 6.45) is 6.79. The Kier molecular flexibility index (Phi) is 3.48. The molecule has 0 spiro atoms. The number of aliphatic hydroxyl groups excluding tert-OH is 1. The second-order valence-corrected chi connectivity index (χ2v) is 7.28. The number of rotatable bonds is 4. The molecule has 1 aromatic carbocycles. The van der Waals surface area contributed by atoms with Crippen LogP contribution in [0.5, 0.6) is 0 Å². The zero-order valence-corrected chi connectivity index (χ0v) is 14.4. The molecular formula is C19H21N5O2. The van der Waals surface area contributed by atoms with Crippen molar-refractivity contribution < 1.29 is 9.84 Å². The lowest BCUT2D eigenvalue weighted by Gasteiger charge is -2.32. The van der Waals surface area contributed by atoms with Gasteiger partial charge in [-0.3, -0.25) is 4.99 Å². The van der Waals surface area contributed by atoms with Gasteiger partial charge in [-0.15, -0.1) is 0 Å². The molecule has 3 aliphatic heterocycles. The zero-order valence-electron chi connectivity index (χ0n) is 14.4. The number of aliphatic hydroxyl groups is 1. The minimum Gasteiger partial charge on any atom is -0.393 e. The number of hydrogen-bond acceptors (Lipinski definition) is 7. The number of anilines is 2. The number of hydrogen-bond donors (Lipinski definition) is 3. The Labute approximate surface area is 151 Å². The molecule has 2 saturated heterocycles. The van der Waals surface area contributed by atoms with Crippen molar-refractivity contribution in [2.45, 2.75) is 37.0 Å². The maximum absolute atomic E-state index is 9.88. The number of fused-ring (bicyclic) bond motifs is 3. The molecule has 7 heteroatoms. The molecule has 0 unspecified atom stereocenters. The largest absolute Gasteiger partial charge is 0.393 e. The Balaban J connectivity index is 1.51. The molecule has 4 N–H and O–H groups in total. The van der Waals surface area contributed by atoms with Gasteiger partial charge in [0.2, 0.25) is 5.95 Å². The first-order chi connectivity index (χ1) is 12.7. The van der Waals surface area contributed by atoms with Crippen molar-refractivity contribution in [1.82, 2.24) is 9.97 Å². The molecule has 7 nitrogen and oxygen atoms in total. The summed E-state index contributed by atoms with van der Waals surface area (Å²) in [7, 11) is 0. The summed E-state index contributed by atoms with van der Waals surface area (Å²) < 4.78 is 6.01. The molecule has 3 atom stereocenters. The summed E-state index contributed by atoms with van der Waals surface area (Å²) >= 11 is 0. The van der Waals surface area contributed by atoms with E-state index in [1.54, 1.807) is 0 Å². The van der Waals surface area contributed by atoms with E-state index in [2.05, 4.69) is 26.3 Å². The molecule has 0 radical (unpaired) electrons. The standard InChI is InChI=1S/C19H21N5O2/c20-18-22-15-7-11(12-4-6-21-9-12)1-2-14(15)17(24-18)23-16-8-13-3-5-19(16,10-25)26-13/h1-2,4,6-7,13,16,25H,3,5,8-10H2,(H3,20,22,23,24)/t13-,16-,19-/m1/s1. The van der Waals surface area contributed by atoms with Crippen molar-refractivity contribution >= 4 is 34.5 Å². The Hall–Kier alpha value is -2.51. The molecular weight excluding hydrogens is 330 g/mol. The van der Waals surface area contributed by atoms with Crippen LogP contribution in [0.2, 0.25) is 0 Å². The number of benzene rings is 1. The van der Waals surface area contributed by atoms with Crippen molar-refractivity contribution in [3.63, 3.8) is 0 Å². The van der Waals surface area contributed by atoms with Crippen LogP contribution >= 0.6 is 0 Å². The number of nitrogens with two attached hydrogens (primary N) is 1. The SMILES string of the molecule is Nc1nc(N[C@@H]2C[C@H]3CC[C@]2(CO)O3)c2ccc(C3=CC=NC3)cc2n1. The maximum atomic E-state index is 9.88. The van der Waals surface area contributed by atoms with Gasteiger partial charge in [0.1, 0.15) is 11.4 Å². The van der Waals surface area contributed by atoms with E-state index in [1.807, 2.05) is 24.4 Å². The third-order valence-electron chi connectivity index (χ3n) is 5.73. The Bertz CT molecular complexity index is 941. The van der Waals surface area contributed by atoms with E-state index in [9.17, 15) is 5.11 Å². The molecule has 134 valence electrons. The first-order valence-electron chi connectivity index (χ1n) is 8.99. The Morgan fingerprint density at radius 3 is 3.04 bits per heavy atom. The summed E-state index contributed by atoms with van der Waals surface area (Å²) in [4.78, 5) is 13.1. The molecule has 2 aromatic rings. The predicted molar refractivity (Wildman–Crippen MR) is 101 cm³/mol. The summed E-state index contributed by atoms with van der Waals surface area (Å²) in [5, 5.41) is 14.3. The highest BCUT2D eigenvalue weighted by molar-refractivity contribution is 5.95. The minimum atomic E-state index is -0.511. The number of aliphatic imine (C=N–C) groups is 1. The molecule has 0 amide bonds. The Morgan fingerprint density at radius 1 is 1.35 bits per heavy atom. The smallest absolute Gasteiger partial charge is 0.222 e. The molecule has 2 bridgehead atoms. The third-order valence-corrected chi connectivity index (χ3v) is 5.73. The van der Waals surface area contributed by atoms with Crippen molar-refractivity contribution in [2.24, 2.45) is 4.99 Å². The minimum absolute atomic E-state index is 0.0119. The fraction of sp³-hybridized carbons (Fsp3) is 0.421. The third kappa shape index (κ3) is 2.39. The van der Waals surface area contributed by atoms with Crippen LogP contribution in [0.25, 0.3) is 16.5 Å². The van der Waals surface area contributed by atoms with Crippen LogP contribution in [0.15, 0.2) is 29.3 Å².